The van der Waals surface area contributed by atoms with Crippen LogP contribution in [0.1, 0.15) is 11.1 Å². The van der Waals surface area contributed by atoms with E-state index in [0.29, 0.717) is 17.6 Å². The Balaban J connectivity index is 1.70. The van der Waals surface area contributed by atoms with E-state index in [1.807, 2.05) is 42.5 Å². The van der Waals surface area contributed by atoms with Crippen molar-refractivity contribution < 1.29 is 4.74 Å². The van der Waals surface area contributed by atoms with Crippen LogP contribution in [-0.4, -0.2) is 11.2 Å². The van der Waals surface area contributed by atoms with Gasteiger partial charge in [-0.3, -0.25) is 5.43 Å². The SMILES string of the molecule is Nc1csc(NN=Cc2cc(Br)ccc2OCc2ccc(Br)cc2)n1. The molecule has 2 aromatic carbocycles. The zero-order valence-corrected chi connectivity index (χ0v) is 16.9. The van der Waals surface area contributed by atoms with Crippen molar-refractivity contribution in [3.63, 3.8) is 0 Å². The van der Waals surface area contributed by atoms with Crippen molar-refractivity contribution in [2.45, 2.75) is 6.61 Å². The minimum absolute atomic E-state index is 0.476. The van der Waals surface area contributed by atoms with E-state index in [4.69, 9.17) is 10.5 Å². The molecular weight excluding hydrogens is 468 g/mol. The fourth-order valence-corrected chi connectivity index (χ4v) is 3.18. The number of thiazole rings is 1. The average molecular weight is 482 g/mol. The fraction of sp³-hybridized carbons (Fsp3) is 0.0588. The van der Waals surface area contributed by atoms with Crippen LogP contribution in [0.2, 0.25) is 0 Å². The number of nitrogens with zero attached hydrogens (tertiary/aromatic N) is 2. The predicted octanol–water partition coefficient (Wildman–Crippen LogP) is 5.28. The van der Waals surface area contributed by atoms with Gasteiger partial charge in [-0.25, -0.2) is 4.98 Å². The topological polar surface area (TPSA) is 72.5 Å². The summed E-state index contributed by atoms with van der Waals surface area (Å²) in [7, 11) is 0. The second kappa shape index (κ2) is 8.46. The summed E-state index contributed by atoms with van der Waals surface area (Å²) in [6.07, 6.45) is 1.69. The highest BCUT2D eigenvalue weighted by atomic mass is 79.9. The highest BCUT2D eigenvalue weighted by molar-refractivity contribution is 9.10. The summed E-state index contributed by atoms with van der Waals surface area (Å²) < 4.78 is 7.93. The molecule has 1 aromatic heterocycles. The molecule has 0 saturated heterocycles. The van der Waals surface area contributed by atoms with Gasteiger partial charge in [-0.1, -0.05) is 44.0 Å². The van der Waals surface area contributed by atoms with Gasteiger partial charge in [0.05, 0.1) is 6.21 Å². The Labute approximate surface area is 166 Å². The van der Waals surface area contributed by atoms with Crippen molar-refractivity contribution in [1.29, 1.82) is 0 Å². The molecular formula is C17H14Br2N4OS. The summed E-state index contributed by atoms with van der Waals surface area (Å²) in [5.41, 5.74) is 10.4. The normalized spacial score (nSPS) is 11.0. The number of hydrogen-bond acceptors (Lipinski definition) is 6. The van der Waals surface area contributed by atoms with E-state index in [1.165, 1.54) is 11.3 Å². The number of nitrogens with two attached hydrogens (primary N) is 1. The molecule has 0 radical (unpaired) electrons. The monoisotopic (exact) mass is 480 g/mol. The number of benzene rings is 2. The van der Waals surface area contributed by atoms with E-state index in [2.05, 4.69) is 47.4 Å². The standard InChI is InChI=1S/C17H14Br2N4OS/c18-13-3-1-11(2-4-13)9-24-15-6-5-14(19)7-12(15)8-21-23-17-22-16(20)10-25-17/h1-8,10H,9,20H2,(H,22,23). The number of nitrogen functional groups attached to an aromatic ring is 1. The number of ether oxygens (including phenoxy) is 1. The van der Waals surface area contributed by atoms with Crippen molar-refractivity contribution in [2.75, 3.05) is 11.2 Å². The molecule has 0 amide bonds. The summed E-state index contributed by atoms with van der Waals surface area (Å²) in [4.78, 5) is 4.09. The largest absolute Gasteiger partial charge is 0.488 e. The zero-order chi connectivity index (χ0) is 17.6. The van der Waals surface area contributed by atoms with Crippen molar-refractivity contribution in [3.05, 3.63) is 67.9 Å². The molecule has 0 saturated carbocycles. The molecule has 0 bridgehead atoms. The first-order valence-corrected chi connectivity index (χ1v) is 9.73. The van der Waals surface area contributed by atoms with E-state index in [0.717, 1.165) is 25.8 Å². The average Bonchev–Trinajstić information content (AvgIpc) is 3.01. The molecule has 3 aromatic rings. The van der Waals surface area contributed by atoms with Crippen molar-refractivity contribution in [1.82, 2.24) is 4.98 Å². The van der Waals surface area contributed by atoms with Crippen molar-refractivity contribution in [3.8, 4) is 5.75 Å². The van der Waals surface area contributed by atoms with Crippen LogP contribution in [0.25, 0.3) is 0 Å². The first-order chi connectivity index (χ1) is 12.1. The Kier molecular flexibility index (Phi) is 6.06. The Morgan fingerprint density at radius 3 is 2.64 bits per heavy atom. The van der Waals surface area contributed by atoms with E-state index in [9.17, 15) is 0 Å². The van der Waals surface area contributed by atoms with Crippen LogP contribution < -0.4 is 15.9 Å². The van der Waals surface area contributed by atoms with E-state index in [1.54, 1.807) is 11.6 Å². The van der Waals surface area contributed by atoms with Gasteiger partial charge in [0.1, 0.15) is 18.2 Å². The smallest absolute Gasteiger partial charge is 0.205 e. The molecule has 128 valence electrons. The quantitative estimate of drug-likeness (QED) is 0.371. The Bertz CT molecular complexity index is 881. The number of hydrazone groups is 1. The van der Waals surface area contributed by atoms with E-state index in [-0.39, 0.29) is 0 Å². The lowest BCUT2D eigenvalue weighted by Crippen LogP contribution is -1.99. The number of halogens is 2. The number of nitrogens with one attached hydrogen (secondary N) is 1. The van der Waals surface area contributed by atoms with Gasteiger partial charge in [-0.05, 0) is 35.9 Å². The molecule has 1 heterocycles. The highest BCUT2D eigenvalue weighted by Crippen LogP contribution is 2.23. The number of rotatable bonds is 6. The molecule has 3 N–H and O–H groups in total. The maximum Gasteiger partial charge on any atom is 0.205 e. The number of anilines is 2. The van der Waals surface area contributed by atoms with Crippen molar-refractivity contribution in [2.24, 2.45) is 5.10 Å². The van der Waals surface area contributed by atoms with Gasteiger partial charge < -0.3 is 10.5 Å². The van der Waals surface area contributed by atoms with Crippen LogP contribution in [-0.2, 0) is 6.61 Å². The first-order valence-electron chi connectivity index (χ1n) is 7.27. The second-order valence-electron chi connectivity index (χ2n) is 5.04. The third kappa shape index (κ3) is 5.29. The summed E-state index contributed by atoms with van der Waals surface area (Å²) in [5.74, 6) is 1.22. The van der Waals surface area contributed by atoms with Gasteiger partial charge in [0.2, 0.25) is 5.13 Å². The van der Waals surface area contributed by atoms with Gasteiger partial charge in [0, 0.05) is 19.9 Å². The zero-order valence-electron chi connectivity index (χ0n) is 12.9. The maximum atomic E-state index is 5.94. The fourth-order valence-electron chi connectivity index (χ4n) is 1.99. The van der Waals surface area contributed by atoms with Gasteiger partial charge >= 0.3 is 0 Å². The summed E-state index contributed by atoms with van der Waals surface area (Å²) >= 11 is 8.29. The summed E-state index contributed by atoms with van der Waals surface area (Å²) in [6.45, 7) is 0.478. The first kappa shape index (κ1) is 17.9. The molecule has 0 aliphatic rings. The molecule has 0 unspecified atom stereocenters. The molecule has 8 heteroatoms. The summed E-state index contributed by atoms with van der Waals surface area (Å²) in [6, 6.07) is 13.8. The Morgan fingerprint density at radius 2 is 1.92 bits per heavy atom. The lowest BCUT2D eigenvalue weighted by atomic mass is 10.2. The van der Waals surface area contributed by atoms with Crippen LogP contribution in [0, 0.1) is 0 Å². The van der Waals surface area contributed by atoms with E-state index >= 15 is 0 Å². The lowest BCUT2D eigenvalue weighted by molar-refractivity contribution is 0.305. The van der Waals surface area contributed by atoms with Crippen LogP contribution >= 0.6 is 43.2 Å². The number of hydrogen-bond donors (Lipinski definition) is 2. The van der Waals surface area contributed by atoms with Gasteiger partial charge in [-0.15, -0.1) is 11.3 Å². The molecule has 5 nitrogen and oxygen atoms in total. The Morgan fingerprint density at radius 1 is 1.16 bits per heavy atom. The van der Waals surface area contributed by atoms with Crippen molar-refractivity contribution >= 4 is 60.4 Å². The molecule has 0 atom stereocenters. The molecule has 3 rings (SSSR count). The minimum Gasteiger partial charge on any atom is -0.488 e. The lowest BCUT2D eigenvalue weighted by Gasteiger charge is -2.10. The van der Waals surface area contributed by atoms with Gasteiger partial charge in [-0.2, -0.15) is 5.10 Å². The highest BCUT2D eigenvalue weighted by Gasteiger charge is 2.04. The summed E-state index contributed by atoms with van der Waals surface area (Å²) in [5, 5.41) is 6.60. The maximum absolute atomic E-state index is 5.94. The molecule has 0 aliphatic carbocycles. The van der Waals surface area contributed by atoms with Crippen LogP contribution in [0.15, 0.2) is 61.9 Å². The second-order valence-corrected chi connectivity index (χ2v) is 7.73. The third-order valence-corrected chi connectivity index (χ3v) is 4.95. The van der Waals surface area contributed by atoms with Crippen LogP contribution in [0.4, 0.5) is 10.9 Å². The van der Waals surface area contributed by atoms with Crippen LogP contribution in [0.5, 0.6) is 5.75 Å². The molecule has 0 aliphatic heterocycles. The third-order valence-electron chi connectivity index (χ3n) is 3.17. The molecule has 0 spiro atoms. The minimum atomic E-state index is 0.476. The van der Waals surface area contributed by atoms with Gasteiger partial charge in [0.15, 0.2) is 0 Å². The van der Waals surface area contributed by atoms with E-state index < -0.39 is 0 Å². The van der Waals surface area contributed by atoms with Crippen LogP contribution in [0.3, 0.4) is 0 Å². The molecule has 25 heavy (non-hydrogen) atoms. The van der Waals surface area contributed by atoms with Gasteiger partial charge in [0.25, 0.3) is 0 Å². The molecule has 0 fully saturated rings. The predicted molar refractivity (Wildman–Crippen MR) is 110 cm³/mol. The number of aromatic nitrogens is 1. The Hall–Kier alpha value is -1.90.